The van der Waals surface area contributed by atoms with Gasteiger partial charge in [-0.1, -0.05) is 12.1 Å². The summed E-state index contributed by atoms with van der Waals surface area (Å²) in [4.78, 5) is 0. The zero-order chi connectivity index (χ0) is 26.3. The van der Waals surface area contributed by atoms with Crippen LogP contribution in [0.2, 0.25) is 0 Å². The van der Waals surface area contributed by atoms with Gasteiger partial charge in [-0.25, -0.2) is 0 Å². The summed E-state index contributed by atoms with van der Waals surface area (Å²) in [5, 5.41) is 49.7. The number of hydrogen-bond donors (Lipinski definition) is 5. The summed E-state index contributed by atoms with van der Waals surface area (Å²) < 4.78 is 34.3. The van der Waals surface area contributed by atoms with Crippen LogP contribution in [0.25, 0.3) is 0 Å². The Morgan fingerprint density at radius 1 is 0.784 bits per heavy atom. The number of methoxy groups -OCH3 is 2. The van der Waals surface area contributed by atoms with Crippen LogP contribution in [0.4, 0.5) is 0 Å². The van der Waals surface area contributed by atoms with Crippen LogP contribution in [0.1, 0.15) is 23.3 Å². The van der Waals surface area contributed by atoms with E-state index in [2.05, 4.69) is 0 Å². The van der Waals surface area contributed by atoms with Crippen LogP contribution in [0, 0.1) is 11.8 Å². The molecule has 3 aliphatic heterocycles. The summed E-state index contributed by atoms with van der Waals surface area (Å²) in [7, 11) is 2.98. The summed E-state index contributed by atoms with van der Waals surface area (Å²) in [5.41, 5.74) is 1.77. The van der Waals surface area contributed by atoms with Gasteiger partial charge in [0.1, 0.15) is 24.4 Å². The molecule has 5 N–H and O–H groups in total. The van der Waals surface area contributed by atoms with E-state index in [1.54, 1.807) is 24.3 Å². The van der Waals surface area contributed by atoms with Gasteiger partial charge >= 0.3 is 0 Å². The smallest absolute Gasteiger partial charge is 0.229 e. The molecule has 0 bridgehead atoms. The Hall–Kier alpha value is -2.64. The highest BCUT2D eigenvalue weighted by molar-refractivity contribution is 5.45. The highest BCUT2D eigenvalue weighted by atomic mass is 16.7. The van der Waals surface area contributed by atoms with Crippen molar-refractivity contribution < 1.29 is 54.0 Å². The van der Waals surface area contributed by atoms with Crippen LogP contribution < -0.4 is 14.2 Å². The van der Waals surface area contributed by atoms with E-state index in [1.165, 1.54) is 14.2 Å². The molecule has 0 unspecified atom stereocenters. The Morgan fingerprint density at radius 3 is 1.97 bits per heavy atom. The Balaban J connectivity index is 1.32. The molecule has 2 aromatic rings. The lowest BCUT2D eigenvalue weighted by atomic mass is 9.85. The van der Waals surface area contributed by atoms with Crippen molar-refractivity contribution in [3.63, 3.8) is 0 Å². The summed E-state index contributed by atoms with van der Waals surface area (Å²) in [6, 6.07) is 10.5. The predicted octanol–water partition coefficient (Wildman–Crippen LogP) is 0.663. The van der Waals surface area contributed by atoms with Gasteiger partial charge in [0.15, 0.2) is 23.0 Å². The average molecular weight is 521 g/mol. The van der Waals surface area contributed by atoms with Crippen molar-refractivity contribution in [2.75, 3.05) is 34.0 Å². The minimum atomic E-state index is -1.55. The van der Waals surface area contributed by atoms with Gasteiger partial charge in [0, 0.05) is 11.8 Å². The van der Waals surface area contributed by atoms with E-state index in [4.69, 9.17) is 28.4 Å². The van der Waals surface area contributed by atoms with Crippen molar-refractivity contribution in [2.24, 2.45) is 11.8 Å². The van der Waals surface area contributed by atoms with E-state index >= 15 is 0 Å². The third kappa shape index (κ3) is 4.72. The Bertz CT molecular complexity index is 1090. The first kappa shape index (κ1) is 26.0. The van der Waals surface area contributed by atoms with E-state index in [1.807, 2.05) is 12.1 Å². The number of benzene rings is 2. The molecular formula is C26H32O11. The maximum absolute atomic E-state index is 10.3. The molecule has 0 amide bonds. The van der Waals surface area contributed by atoms with Gasteiger partial charge in [-0.3, -0.25) is 0 Å². The molecule has 0 spiro atoms. The molecule has 3 heterocycles. The number of ether oxygens (including phenoxy) is 6. The third-order valence-electron chi connectivity index (χ3n) is 7.40. The van der Waals surface area contributed by atoms with Crippen LogP contribution in [0.3, 0.4) is 0 Å². The molecule has 2 aromatic carbocycles. The molecule has 0 aromatic heterocycles. The summed E-state index contributed by atoms with van der Waals surface area (Å²) >= 11 is 0. The molecular weight excluding hydrogens is 488 g/mol. The second-order valence-electron chi connectivity index (χ2n) is 9.49. The zero-order valence-corrected chi connectivity index (χ0v) is 20.5. The number of phenols is 1. The average Bonchev–Trinajstić information content (AvgIpc) is 3.52. The fourth-order valence-corrected chi connectivity index (χ4v) is 5.35. The second kappa shape index (κ2) is 10.6. The first-order valence-corrected chi connectivity index (χ1v) is 12.1. The van der Waals surface area contributed by atoms with Crippen molar-refractivity contribution >= 4 is 0 Å². The molecule has 0 saturated carbocycles. The molecule has 202 valence electrons. The number of hydrogen-bond acceptors (Lipinski definition) is 11. The minimum Gasteiger partial charge on any atom is -0.504 e. The lowest BCUT2D eigenvalue weighted by molar-refractivity contribution is -0.277. The molecule has 0 aliphatic carbocycles. The van der Waals surface area contributed by atoms with Crippen LogP contribution in [0.5, 0.6) is 23.0 Å². The fourth-order valence-electron chi connectivity index (χ4n) is 5.35. The second-order valence-corrected chi connectivity index (χ2v) is 9.49. The minimum absolute atomic E-state index is 0.0689. The van der Waals surface area contributed by atoms with Crippen molar-refractivity contribution in [3.8, 4) is 23.0 Å². The van der Waals surface area contributed by atoms with Gasteiger partial charge in [-0.05, 0) is 35.4 Å². The van der Waals surface area contributed by atoms with E-state index in [9.17, 15) is 25.5 Å². The summed E-state index contributed by atoms with van der Waals surface area (Å²) in [6.45, 7) is 0.436. The Labute approximate surface area is 213 Å². The normalized spacial score (nSPS) is 35.2. The van der Waals surface area contributed by atoms with Crippen LogP contribution in [0.15, 0.2) is 36.4 Å². The first-order valence-electron chi connectivity index (χ1n) is 12.1. The van der Waals surface area contributed by atoms with Crippen molar-refractivity contribution in [1.29, 1.82) is 0 Å². The largest absolute Gasteiger partial charge is 0.504 e. The molecule has 9 atom stereocenters. The first-order chi connectivity index (χ1) is 17.9. The Kier molecular flexibility index (Phi) is 7.46. The molecule has 3 saturated heterocycles. The molecule has 0 radical (unpaired) electrons. The zero-order valence-electron chi connectivity index (χ0n) is 20.5. The number of fused-ring (bicyclic) bond motifs is 1. The predicted molar refractivity (Wildman–Crippen MR) is 126 cm³/mol. The molecule has 3 aliphatic rings. The highest BCUT2D eigenvalue weighted by Crippen LogP contribution is 2.51. The Morgan fingerprint density at radius 2 is 1.38 bits per heavy atom. The fraction of sp³-hybridized carbons (Fsp3) is 0.538. The molecule has 3 fully saturated rings. The number of aliphatic hydroxyl groups is 4. The summed E-state index contributed by atoms with van der Waals surface area (Å²) in [6.07, 6.45) is -7.41. The van der Waals surface area contributed by atoms with Crippen LogP contribution >= 0.6 is 0 Å². The lowest BCUT2D eigenvalue weighted by Gasteiger charge is -2.39. The van der Waals surface area contributed by atoms with Gasteiger partial charge in [0.2, 0.25) is 6.29 Å². The van der Waals surface area contributed by atoms with Gasteiger partial charge in [0.05, 0.1) is 46.2 Å². The van der Waals surface area contributed by atoms with Crippen LogP contribution in [-0.2, 0) is 14.2 Å². The topological polar surface area (TPSA) is 157 Å². The van der Waals surface area contributed by atoms with Gasteiger partial charge in [-0.2, -0.15) is 0 Å². The lowest BCUT2D eigenvalue weighted by Crippen LogP contribution is -2.60. The number of aromatic hydroxyl groups is 1. The van der Waals surface area contributed by atoms with Crippen LogP contribution in [-0.4, -0.2) is 90.3 Å². The number of aliphatic hydroxyl groups excluding tert-OH is 4. The standard InChI is InChI=1S/C26H32O11/c1-32-18-7-12(3-5-16(18)28)24-14-10-35-25(15(14)11-34-24)13-4-6-17(19(8-13)33-2)36-26-23(31)22(30)21(29)20(9-27)37-26/h3-8,14-15,20-31H,9-11H2,1-2H3/t14-,15-,20+,21-,22-,23+,24+,25-,26+/m1/s1. The molecule has 37 heavy (non-hydrogen) atoms. The molecule has 11 nitrogen and oxygen atoms in total. The van der Waals surface area contributed by atoms with Crippen molar-refractivity contribution in [3.05, 3.63) is 47.5 Å². The highest BCUT2D eigenvalue weighted by Gasteiger charge is 2.49. The molecule has 5 rings (SSSR count). The van der Waals surface area contributed by atoms with E-state index < -0.39 is 37.3 Å². The van der Waals surface area contributed by atoms with E-state index in [0.717, 1.165) is 11.1 Å². The monoisotopic (exact) mass is 520 g/mol. The maximum atomic E-state index is 10.3. The van der Waals surface area contributed by atoms with Gasteiger partial charge < -0.3 is 54.0 Å². The quantitative estimate of drug-likeness (QED) is 0.349. The number of phenolic OH excluding ortho intramolecular Hbond substituents is 1. The van der Waals surface area contributed by atoms with Crippen molar-refractivity contribution in [2.45, 2.75) is 42.9 Å². The SMILES string of the molecule is COc1cc([C@@H]2OC[C@@H]3[C@H]2CO[C@@H]3c2ccc(O[C@H]3O[C@@H](CO)[C@@H](O)[C@@H](O)[C@@H]3O)c(OC)c2)ccc1O. The number of rotatable bonds is 7. The summed E-state index contributed by atoms with van der Waals surface area (Å²) in [5.74, 6) is 1.27. The molecule has 11 heteroatoms. The maximum Gasteiger partial charge on any atom is 0.229 e. The van der Waals surface area contributed by atoms with E-state index in [-0.39, 0.29) is 35.5 Å². The van der Waals surface area contributed by atoms with E-state index in [0.29, 0.717) is 24.7 Å². The van der Waals surface area contributed by atoms with Gasteiger partial charge in [0.25, 0.3) is 0 Å². The van der Waals surface area contributed by atoms with Gasteiger partial charge in [-0.15, -0.1) is 0 Å². The third-order valence-corrected chi connectivity index (χ3v) is 7.40. The van der Waals surface area contributed by atoms with Crippen molar-refractivity contribution in [1.82, 2.24) is 0 Å².